The average Bonchev–Trinajstić information content (AvgIpc) is 1.85. The SMILES string of the molecule is [C-]#Cc1cc(F)cc(Br)c1.[Li+]. The Balaban J connectivity index is 0.000001000. The van der Waals surface area contributed by atoms with Crippen LogP contribution in [0.3, 0.4) is 0 Å². The standard InChI is InChI=1S/C8H3BrF.Li/c1-2-6-3-7(9)5-8(10)4-6;/h3-5H;/q-1;+1. The first-order valence-electron chi connectivity index (χ1n) is 2.61. The van der Waals surface area contributed by atoms with Crippen LogP contribution < -0.4 is 18.9 Å². The Morgan fingerprint density at radius 2 is 2.00 bits per heavy atom. The first-order valence-corrected chi connectivity index (χ1v) is 3.40. The minimum Gasteiger partial charge on any atom is -0.366 e. The van der Waals surface area contributed by atoms with Gasteiger partial charge in [-0.15, -0.1) is 11.6 Å². The third-order valence-corrected chi connectivity index (χ3v) is 1.46. The van der Waals surface area contributed by atoms with E-state index in [1.54, 1.807) is 6.07 Å². The van der Waals surface area contributed by atoms with E-state index in [1.807, 2.05) is 0 Å². The molecular weight excluding hydrogens is 202 g/mol. The van der Waals surface area contributed by atoms with Gasteiger partial charge in [0.15, 0.2) is 0 Å². The zero-order valence-electron chi connectivity index (χ0n) is 5.99. The van der Waals surface area contributed by atoms with E-state index in [4.69, 9.17) is 6.42 Å². The van der Waals surface area contributed by atoms with E-state index in [-0.39, 0.29) is 24.7 Å². The first kappa shape index (κ1) is 10.8. The van der Waals surface area contributed by atoms with Gasteiger partial charge in [0.25, 0.3) is 0 Å². The molecule has 0 amide bonds. The van der Waals surface area contributed by atoms with Gasteiger partial charge in [0.2, 0.25) is 0 Å². The van der Waals surface area contributed by atoms with Gasteiger partial charge in [-0.25, -0.2) is 4.39 Å². The molecule has 0 aliphatic rings. The molecule has 3 heteroatoms. The molecule has 0 unspecified atom stereocenters. The molecule has 0 N–H and O–H groups in total. The number of hydrogen-bond donors (Lipinski definition) is 0. The van der Waals surface area contributed by atoms with Gasteiger partial charge < -0.3 is 6.42 Å². The van der Waals surface area contributed by atoms with Crippen molar-refractivity contribution in [1.82, 2.24) is 0 Å². The van der Waals surface area contributed by atoms with E-state index >= 15 is 0 Å². The van der Waals surface area contributed by atoms with Crippen LogP contribution in [0.1, 0.15) is 5.56 Å². The maximum atomic E-state index is 12.5. The second-order valence-electron chi connectivity index (χ2n) is 1.78. The Morgan fingerprint density at radius 1 is 1.36 bits per heavy atom. The van der Waals surface area contributed by atoms with E-state index in [1.165, 1.54) is 12.1 Å². The van der Waals surface area contributed by atoms with Crippen LogP contribution in [-0.4, -0.2) is 0 Å². The molecule has 0 saturated heterocycles. The van der Waals surface area contributed by atoms with Gasteiger partial charge >= 0.3 is 18.9 Å². The summed E-state index contributed by atoms with van der Waals surface area (Å²) in [5, 5.41) is 0. The Kier molecular flexibility index (Phi) is 4.53. The van der Waals surface area contributed by atoms with Crippen molar-refractivity contribution in [3.05, 3.63) is 40.5 Å². The van der Waals surface area contributed by atoms with E-state index in [2.05, 4.69) is 21.9 Å². The van der Waals surface area contributed by atoms with Crippen molar-refractivity contribution in [2.45, 2.75) is 0 Å². The van der Waals surface area contributed by atoms with Crippen LogP contribution in [-0.2, 0) is 0 Å². The van der Waals surface area contributed by atoms with Crippen LogP contribution in [0.2, 0.25) is 0 Å². The van der Waals surface area contributed by atoms with Crippen LogP contribution in [0.5, 0.6) is 0 Å². The van der Waals surface area contributed by atoms with Gasteiger partial charge in [-0.1, -0.05) is 22.0 Å². The van der Waals surface area contributed by atoms with Gasteiger partial charge in [0.05, 0.1) is 0 Å². The Hall–Kier alpha value is -0.213. The van der Waals surface area contributed by atoms with E-state index in [0.717, 1.165) is 0 Å². The second-order valence-corrected chi connectivity index (χ2v) is 2.70. The molecule has 0 heterocycles. The molecule has 0 spiro atoms. The maximum Gasteiger partial charge on any atom is 1.00 e. The van der Waals surface area contributed by atoms with Crippen LogP contribution in [0, 0.1) is 18.2 Å². The minimum absolute atomic E-state index is 0. The first-order chi connectivity index (χ1) is 4.72. The Morgan fingerprint density at radius 3 is 2.45 bits per heavy atom. The third-order valence-electron chi connectivity index (χ3n) is 1.01. The number of hydrogen-bond acceptors (Lipinski definition) is 0. The van der Waals surface area contributed by atoms with Crippen LogP contribution in [0.15, 0.2) is 22.7 Å². The fourth-order valence-corrected chi connectivity index (χ4v) is 1.09. The molecule has 0 nitrogen and oxygen atoms in total. The maximum absolute atomic E-state index is 12.5. The summed E-state index contributed by atoms with van der Waals surface area (Å²) in [5.41, 5.74) is 0.437. The zero-order chi connectivity index (χ0) is 7.56. The van der Waals surface area contributed by atoms with Crippen molar-refractivity contribution in [2.75, 3.05) is 0 Å². The van der Waals surface area contributed by atoms with Gasteiger partial charge in [-0.3, -0.25) is 5.92 Å². The van der Waals surface area contributed by atoms with Gasteiger partial charge in [-0.2, -0.15) is 0 Å². The smallest absolute Gasteiger partial charge is 0.366 e. The molecule has 0 bridgehead atoms. The number of halogens is 2. The summed E-state index contributed by atoms with van der Waals surface area (Å²) in [6.45, 7) is 0. The third kappa shape index (κ3) is 3.12. The summed E-state index contributed by atoms with van der Waals surface area (Å²) < 4.78 is 13.1. The monoisotopic (exact) mass is 204 g/mol. The Bertz CT molecular complexity index is 270. The average molecular weight is 205 g/mol. The summed E-state index contributed by atoms with van der Waals surface area (Å²) >= 11 is 3.09. The van der Waals surface area contributed by atoms with Crippen molar-refractivity contribution < 1.29 is 23.3 Å². The molecule has 0 atom stereocenters. The van der Waals surface area contributed by atoms with Gasteiger partial charge in [0.1, 0.15) is 5.82 Å². The van der Waals surface area contributed by atoms with Crippen molar-refractivity contribution in [3.8, 4) is 5.92 Å². The van der Waals surface area contributed by atoms with Gasteiger partial charge in [-0.05, 0) is 6.07 Å². The zero-order valence-corrected chi connectivity index (χ0v) is 7.57. The molecule has 0 aromatic heterocycles. The molecule has 1 aromatic carbocycles. The van der Waals surface area contributed by atoms with Gasteiger partial charge in [0, 0.05) is 4.47 Å². The fraction of sp³-hybridized carbons (Fsp3) is 0. The molecule has 0 radical (unpaired) electrons. The predicted molar refractivity (Wildman–Crippen MR) is 40.3 cm³/mol. The van der Waals surface area contributed by atoms with Crippen molar-refractivity contribution in [1.29, 1.82) is 0 Å². The Labute approximate surface area is 85.5 Å². The molecule has 0 fully saturated rings. The fourth-order valence-electron chi connectivity index (χ4n) is 0.626. The quantitative estimate of drug-likeness (QED) is 0.305. The molecular formula is C8H3BrFLi. The summed E-state index contributed by atoms with van der Waals surface area (Å²) in [5.74, 6) is 1.73. The normalized spacial score (nSPS) is 8.09. The number of benzene rings is 1. The topological polar surface area (TPSA) is 0 Å². The van der Waals surface area contributed by atoms with Crippen LogP contribution >= 0.6 is 15.9 Å². The number of rotatable bonds is 0. The second kappa shape index (κ2) is 4.62. The molecule has 0 aliphatic heterocycles. The van der Waals surface area contributed by atoms with E-state index in [9.17, 15) is 4.39 Å². The molecule has 1 rings (SSSR count). The summed E-state index contributed by atoms with van der Waals surface area (Å²) in [7, 11) is 0. The minimum atomic E-state index is -0.357. The van der Waals surface area contributed by atoms with Crippen LogP contribution in [0.4, 0.5) is 4.39 Å². The van der Waals surface area contributed by atoms with Crippen molar-refractivity contribution in [3.63, 3.8) is 0 Å². The van der Waals surface area contributed by atoms with Crippen molar-refractivity contribution >= 4 is 15.9 Å². The molecule has 1 aromatic rings. The summed E-state index contributed by atoms with van der Waals surface area (Å²) in [6.07, 6.45) is 6.70. The largest absolute Gasteiger partial charge is 1.00 e. The molecule has 50 valence electrons. The van der Waals surface area contributed by atoms with E-state index in [0.29, 0.717) is 10.0 Å². The molecule has 0 aliphatic carbocycles. The molecule has 0 saturated carbocycles. The summed E-state index contributed by atoms with van der Waals surface area (Å²) in [4.78, 5) is 0. The summed E-state index contributed by atoms with van der Waals surface area (Å²) in [6, 6.07) is 4.20. The molecule has 11 heavy (non-hydrogen) atoms. The van der Waals surface area contributed by atoms with Crippen LogP contribution in [0.25, 0.3) is 0 Å². The van der Waals surface area contributed by atoms with Crippen molar-refractivity contribution in [2.24, 2.45) is 0 Å². The predicted octanol–water partition coefficient (Wildman–Crippen LogP) is -0.470. The van der Waals surface area contributed by atoms with E-state index < -0.39 is 0 Å².